The second-order valence-electron chi connectivity index (χ2n) is 4.52. The summed E-state index contributed by atoms with van der Waals surface area (Å²) >= 11 is 0. The Kier molecular flexibility index (Phi) is 3.59. The fourth-order valence-corrected chi connectivity index (χ4v) is 2.78. The molecule has 2 rings (SSSR count). The van der Waals surface area contributed by atoms with Gasteiger partial charge < -0.3 is 15.3 Å². The van der Waals surface area contributed by atoms with Gasteiger partial charge in [0, 0.05) is 25.6 Å². The molecule has 2 aliphatic rings. The van der Waals surface area contributed by atoms with Gasteiger partial charge >= 0.3 is 0 Å². The van der Waals surface area contributed by atoms with Crippen molar-refractivity contribution in [2.24, 2.45) is 5.92 Å². The monoisotopic (exact) mass is 212 g/mol. The van der Waals surface area contributed by atoms with Crippen molar-refractivity contribution in [1.82, 2.24) is 10.2 Å². The molecule has 2 aliphatic heterocycles. The van der Waals surface area contributed by atoms with Crippen LogP contribution in [0.1, 0.15) is 25.7 Å². The zero-order valence-corrected chi connectivity index (χ0v) is 9.11. The van der Waals surface area contributed by atoms with Crippen molar-refractivity contribution < 1.29 is 9.90 Å². The highest BCUT2D eigenvalue weighted by atomic mass is 16.3. The molecule has 0 radical (unpaired) electrons. The molecular weight excluding hydrogens is 192 g/mol. The van der Waals surface area contributed by atoms with Crippen LogP contribution in [0.5, 0.6) is 0 Å². The minimum Gasteiger partial charge on any atom is -0.396 e. The van der Waals surface area contributed by atoms with Gasteiger partial charge in [0.25, 0.3) is 0 Å². The summed E-state index contributed by atoms with van der Waals surface area (Å²) < 4.78 is 0. The van der Waals surface area contributed by atoms with Crippen LogP contribution in [-0.2, 0) is 4.79 Å². The molecule has 1 amide bonds. The van der Waals surface area contributed by atoms with Crippen molar-refractivity contribution in [3.63, 3.8) is 0 Å². The fourth-order valence-electron chi connectivity index (χ4n) is 2.78. The Bertz CT molecular complexity index is 233. The number of hydrogen-bond acceptors (Lipinski definition) is 3. The first kappa shape index (κ1) is 10.9. The molecule has 4 nitrogen and oxygen atoms in total. The highest BCUT2D eigenvalue weighted by Crippen LogP contribution is 2.28. The number of nitrogens with zero attached hydrogens (tertiary/aromatic N) is 1. The first-order chi connectivity index (χ1) is 7.33. The van der Waals surface area contributed by atoms with Crippen molar-refractivity contribution in [3.05, 3.63) is 0 Å². The van der Waals surface area contributed by atoms with Gasteiger partial charge in [0.05, 0.1) is 0 Å². The van der Waals surface area contributed by atoms with E-state index in [1.165, 1.54) is 0 Å². The molecule has 2 atom stereocenters. The van der Waals surface area contributed by atoms with Gasteiger partial charge in [0.1, 0.15) is 0 Å². The van der Waals surface area contributed by atoms with Crippen molar-refractivity contribution in [2.75, 3.05) is 26.2 Å². The van der Waals surface area contributed by atoms with Gasteiger partial charge in [-0.3, -0.25) is 4.79 Å². The van der Waals surface area contributed by atoms with Crippen LogP contribution in [0.2, 0.25) is 0 Å². The topological polar surface area (TPSA) is 52.6 Å². The average Bonchev–Trinajstić information content (AvgIpc) is 2.28. The van der Waals surface area contributed by atoms with E-state index in [2.05, 4.69) is 5.32 Å². The normalized spacial score (nSPS) is 31.5. The molecule has 0 spiro atoms. The summed E-state index contributed by atoms with van der Waals surface area (Å²) in [5.41, 5.74) is 0. The average molecular weight is 212 g/mol. The third kappa shape index (κ3) is 2.32. The summed E-state index contributed by atoms with van der Waals surface area (Å²) in [6, 6.07) is 0.430. The smallest absolute Gasteiger partial charge is 0.222 e. The summed E-state index contributed by atoms with van der Waals surface area (Å²) in [5, 5.41) is 12.2. The van der Waals surface area contributed by atoms with E-state index in [-0.39, 0.29) is 12.5 Å². The number of aliphatic hydroxyl groups is 1. The maximum atomic E-state index is 11.8. The van der Waals surface area contributed by atoms with Gasteiger partial charge in [-0.25, -0.2) is 0 Å². The van der Waals surface area contributed by atoms with Gasteiger partial charge in [-0.2, -0.15) is 0 Å². The largest absolute Gasteiger partial charge is 0.396 e. The molecule has 0 aromatic rings. The maximum absolute atomic E-state index is 11.8. The van der Waals surface area contributed by atoms with E-state index >= 15 is 0 Å². The lowest BCUT2D eigenvalue weighted by Crippen LogP contribution is -2.55. The summed E-state index contributed by atoms with van der Waals surface area (Å²) in [6.07, 6.45) is 3.50. The van der Waals surface area contributed by atoms with Crippen molar-refractivity contribution in [2.45, 2.75) is 31.7 Å². The van der Waals surface area contributed by atoms with Crippen LogP contribution in [0.4, 0.5) is 0 Å². The highest BCUT2D eigenvalue weighted by molar-refractivity contribution is 5.77. The van der Waals surface area contributed by atoms with Crippen LogP contribution < -0.4 is 5.32 Å². The van der Waals surface area contributed by atoms with Crippen LogP contribution in [0.3, 0.4) is 0 Å². The fraction of sp³-hybridized carbons (Fsp3) is 0.909. The van der Waals surface area contributed by atoms with E-state index in [9.17, 15) is 4.79 Å². The summed E-state index contributed by atoms with van der Waals surface area (Å²) in [5.74, 6) is 0.918. The molecule has 4 heteroatoms. The first-order valence-electron chi connectivity index (χ1n) is 5.94. The van der Waals surface area contributed by atoms with Gasteiger partial charge in [-0.1, -0.05) is 0 Å². The number of hydrogen-bond donors (Lipinski definition) is 2. The Morgan fingerprint density at radius 2 is 2.33 bits per heavy atom. The van der Waals surface area contributed by atoms with Gasteiger partial charge in [-0.15, -0.1) is 0 Å². The molecule has 0 aromatic heterocycles. The number of fused-ring (bicyclic) bond motifs is 1. The molecule has 0 saturated carbocycles. The quantitative estimate of drug-likeness (QED) is 0.690. The number of piperidine rings is 2. The number of rotatable bonds is 3. The Balaban J connectivity index is 1.99. The maximum Gasteiger partial charge on any atom is 0.222 e. The third-order valence-corrected chi connectivity index (χ3v) is 3.57. The molecule has 2 fully saturated rings. The lowest BCUT2D eigenvalue weighted by molar-refractivity contribution is -0.139. The molecule has 0 bridgehead atoms. The molecule has 2 saturated heterocycles. The Morgan fingerprint density at radius 3 is 3.13 bits per heavy atom. The predicted molar refractivity (Wildman–Crippen MR) is 57.4 cm³/mol. The number of nitrogens with one attached hydrogen (secondary N) is 1. The minimum atomic E-state index is 0.180. The molecule has 0 aliphatic carbocycles. The second kappa shape index (κ2) is 4.94. The zero-order chi connectivity index (χ0) is 10.7. The van der Waals surface area contributed by atoms with Crippen LogP contribution in [0, 0.1) is 5.92 Å². The highest BCUT2D eigenvalue weighted by Gasteiger charge is 2.36. The van der Waals surface area contributed by atoms with Crippen molar-refractivity contribution in [3.8, 4) is 0 Å². The molecule has 2 heterocycles. The summed E-state index contributed by atoms with van der Waals surface area (Å²) in [6.45, 7) is 2.98. The zero-order valence-electron chi connectivity index (χ0n) is 9.11. The molecule has 86 valence electrons. The number of likely N-dealkylation sites (tertiary alicyclic amines) is 1. The molecule has 2 N–H and O–H groups in total. The van der Waals surface area contributed by atoms with E-state index in [0.29, 0.717) is 24.8 Å². The number of amides is 1. The standard InChI is InChI=1S/C11H20N2O2/c14-7-1-6-13-10-4-5-12-8-9(10)2-3-11(13)15/h9-10,12,14H,1-8H2/t9-,10+/m0/s1. The second-order valence-corrected chi connectivity index (χ2v) is 4.52. The van der Waals surface area contributed by atoms with E-state index in [0.717, 1.165) is 32.5 Å². The van der Waals surface area contributed by atoms with Crippen LogP contribution in [-0.4, -0.2) is 48.2 Å². The molecule has 15 heavy (non-hydrogen) atoms. The molecule has 0 aromatic carbocycles. The predicted octanol–water partition coefficient (Wildman–Crippen LogP) is -0.0307. The van der Waals surface area contributed by atoms with Gasteiger partial charge in [0.2, 0.25) is 5.91 Å². The number of aliphatic hydroxyl groups excluding tert-OH is 1. The summed E-state index contributed by atoms with van der Waals surface area (Å²) in [4.78, 5) is 13.8. The lowest BCUT2D eigenvalue weighted by atomic mass is 9.84. The Morgan fingerprint density at radius 1 is 1.47 bits per heavy atom. The summed E-state index contributed by atoms with van der Waals surface area (Å²) in [7, 11) is 0. The first-order valence-corrected chi connectivity index (χ1v) is 5.94. The van der Waals surface area contributed by atoms with Crippen molar-refractivity contribution >= 4 is 5.91 Å². The van der Waals surface area contributed by atoms with Crippen LogP contribution >= 0.6 is 0 Å². The molecule has 0 unspecified atom stereocenters. The van der Waals surface area contributed by atoms with E-state index in [4.69, 9.17) is 5.11 Å². The SMILES string of the molecule is O=C1CC[C@H]2CNCC[C@H]2N1CCCO. The van der Waals surface area contributed by atoms with Crippen LogP contribution in [0.25, 0.3) is 0 Å². The van der Waals surface area contributed by atoms with E-state index in [1.54, 1.807) is 0 Å². The molecular formula is C11H20N2O2. The number of carbonyl (C=O) groups excluding carboxylic acids is 1. The lowest BCUT2D eigenvalue weighted by Gasteiger charge is -2.44. The number of carbonyl (C=O) groups is 1. The van der Waals surface area contributed by atoms with Crippen molar-refractivity contribution in [1.29, 1.82) is 0 Å². The van der Waals surface area contributed by atoms with Gasteiger partial charge in [0.15, 0.2) is 0 Å². The van der Waals surface area contributed by atoms with E-state index < -0.39 is 0 Å². The Labute approximate surface area is 90.6 Å². The third-order valence-electron chi connectivity index (χ3n) is 3.57. The van der Waals surface area contributed by atoms with E-state index in [1.807, 2.05) is 4.90 Å². The Hall–Kier alpha value is -0.610. The van der Waals surface area contributed by atoms with Gasteiger partial charge in [-0.05, 0) is 38.3 Å². The minimum absolute atomic E-state index is 0.180. The van der Waals surface area contributed by atoms with Crippen LogP contribution in [0.15, 0.2) is 0 Å².